The highest BCUT2D eigenvalue weighted by Crippen LogP contribution is 2.23. The summed E-state index contributed by atoms with van der Waals surface area (Å²) in [4.78, 5) is 12.1. The Morgan fingerprint density at radius 1 is 1.17 bits per heavy atom. The van der Waals surface area contributed by atoms with Gasteiger partial charge in [-0.1, -0.05) is 11.6 Å². The summed E-state index contributed by atoms with van der Waals surface area (Å²) in [6, 6.07) is 8.73. The van der Waals surface area contributed by atoms with Crippen LogP contribution in [0.2, 0.25) is 5.02 Å². The molecule has 0 spiro atoms. The zero-order chi connectivity index (χ0) is 13.3. The number of benzene rings is 2. The third-order valence-electron chi connectivity index (χ3n) is 2.44. The Labute approximate surface area is 117 Å². The van der Waals surface area contributed by atoms with Gasteiger partial charge in [-0.3, -0.25) is 4.79 Å². The van der Waals surface area contributed by atoms with Crippen molar-refractivity contribution in [2.45, 2.75) is 0 Å². The number of anilines is 1. The van der Waals surface area contributed by atoms with Crippen LogP contribution in [0.3, 0.4) is 0 Å². The van der Waals surface area contributed by atoms with E-state index in [4.69, 9.17) is 17.3 Å². The van der Waals surface area contributed by atoms with Crippen LogP contribution in [0.5, 0.6) is 0 Å². The van der Waals surface area contributed by atoms with Gasteiger partial charge >= 0.3 is 0 Å². The molecule has 2 nitrogen and oxygen atoms in total. The second kappa shape index (κ2) is 5.08. The van der Waals surface area contributed by atoms with Crippen molar-refractivity contribution in [2.75, 3.05) is 5.73 Å². The van der Waals surface area contributed by atoms with Gasteiger partial charge in [0.1, 0.15) is 5.82 Å². The second-order valence-corrected chi connectivity index (χ2v) is 4.96. The Morgan fingerprint density at radius 2 is 1.78 bits per heavy atom. The van der Waals surface area contributed by atoms with Crippen molar-refractivity contribution in [3.63, 3.8) is 0 Å². The predicted molar refractivity (Wildman–Crippen MR) is 73.4 cm³/mol. The molecule has 2 N–H and O–H groups in total. The van der Waals surface area contributed by atoms with Gasteiger partial charge in [0, 0.05) is 11.1 Å². The maximum absolute atomic E-state index is 13.1. The fourth-order valence-corrected chi connectivity index (χ4v) is 1.99. The van der Waals surface area contributed by atoms with E-state index in [1.807, 2.05) is 0 Å². The number of carbonyl (C=O) groups is 1. The van der Waals surface area contributed by atoms with Gasteiger partial charge in [-0.15, -0.1) is 0 Å². The Hall–Kier alpha value is -1.39. The number of rotatable bonds is 2. The Morgan fingerprint density at radius 3 is 2.39 bits per heavy atom. The minimum Gasteiger partial charge on any atom is -0.398 e. The Balaban J connectivity index is 2.41. The first-order valence-electron chi connectivity index (χ1n) is 5.04. The lowest BCUT2D eigenvalue weighted by molar-refractivity contribution is 0.103. The molecule has 2 aromatic carbocycles. The van der Waals surface area contributed by atoms with Crippen LogP contribution in [-0.2, 0) is 0 Å². The molecule has 0 unspecified atom stereocenters. The Bertz CT molecular complexity index is 577. The van der Waals surface area contributed by atoms with Crippen LogP contribution >= 0.6 is 27.5 Å². The molecule has 18 heavy (non-hydrogen) atoms. The summed E-state index contributed by atoms with van der Waals surface area (Å²) < 4.78 is 13.3. The molecule has 92 valence electrons. The van der Waals surface area contributed by atoms with E-state index >= 15 is 0 Å². The molecule has 0 bridgehead atoms. The number of nitrogen functional groups attached to an aromatic ring is 1. The lowest BCUT2D eigenvalue weighted by atomic mass is 10.0. The van der Waals surface area contributed by atoms with E-state index in [1.54, 1.807) is 12.1 Å². The highest BCUT2D eigenvalue weighted by molar-refractivity contribution is 9.10. The molecule has 2 aromatic rings. The zero-order valence-corrected chi connectivity index (χ0v) is 11.4. The fraction of sp³-hybridized carbons (Fsp3) is 0. The molecule has 0 amide bonds. The van der Waals surface area contributed by atoms with E-state index in [9.17, 15) is 9.18 Å². The maximum Gasteiger partial charge on any atom is 0.193 e. The number of carbonyl (C=O) groups excluding carboxylic acids is 1. The van der Waals surface area contributed by atoms with Gasteiger partial charge in [-0.2, -0.15) is 0 Å². The first-order chi connectivity index (χ1) is 8.49. The first kappa shape index (κ1) is 13.1. The van der Waals surface area contributed by atoms with Crippen LogP contribution in [0.15, 0.2) is 40.9 Å². The van der Waals surface area contributed by atoms with Gasteiger partial charge < -0.3 is 5.73 Å². The van der Waals surface area contributed by atoms with Crippen molar-refractivity contribution in [3.8, 4) is 0 Å². The Kier molecular flexibility index (Phi) is 3.68. The third-order valence-corrected chi connectivity index (χ3v) is 3.39. The van der Waals surface area contributed by atoms with E-state index < -0.39 is 5.82 Å². The molecule has 0 radical (unpaired) electrons. The van der Waals surface area contributed by atoms with Crippen molar-refractivity contribution < 1.29 is 9.18 Å². The van der Waals surface area contributed by atoms with E-state index in [0.717, 1.165) is 0 Å². The average Bonchev–Trinajstić information content (AvgIpc) is 2.35. The van der Waals surface area contributed by atoms with Gasteiger partial charge in [0.25, 0.3) is 0 Å². The SMILES string of the molecule is Nc1cc(C(=O)c2ccc(F)c(Br)c2)ccc1Cl. The molecule has 0 aromatic heterocycles. The smallest absolute Gasteiger partial charge is 0.193 e. The van der Waals surface area contributed by atoms with Crippen molar-refractivity contribution in [1.82, 2.24) is 0 Å². The highest BCUT2D eigenvalue weighted by atomic mass is 79.9. The molecule has 0 aliphatic carbocycles. The molecule has 0 aliphatic heterocycles. The highest BCUT2D eigenvalue weighted by Gasteiger charge is 2.12. The van der Waals surface area contributed by atoms with Crippen molar-refractivity contribution in [2.24, 2.45) is 0 Å². The maximum atomic E-state index is 13.1. The van der Waals surface area contributed by atoms with Gasteiger partial charge in [0.2, 0.25) is 0 Å². The zero-order valence-electron chi connectivity index (χ0n) is 9.08. The van der Waals surface area contributed by atoms with Crippen molar-refractivity contribution >= 4 is 39.0 Å². The summed E-state index contributed by atoms with van der Waals surface area (Å²) in [6.07, 6.45) is 0. The van der Waals surface area contributed by atoms with Crippen LogP contribution in [0.1, 0.15) is 15.9 Å². The van der Waals surface area contributed by atoms with E-state index in [2.05, 4.69) is 15.9 Å². The van der Waals surface area contributed by atoms with Gasteiger partial charge in [0.15, 0.2) is 5.78 Å². The average molecular weight is 329 g/mol. The molecule has 5 heteroatoms. The number of ketones is 1. The largest absolute Gasteiger partial charge is 0.398 e. The van der Waals surface area contributed by atoms with Crippen LogP contribution in [-0.4, -0.2) is 5.78 Å². The lowest BCUT2D eigenvalue weighted by Crippen LogP contribution is -2.02. The number of halogens is 3. The molecule has 0 atom stereocenters. The molecule has 0 fully saturated rings. The predicted octanol–water partition coefficient (Wildman–Crippen LogP) is 4.05. The van der Waals surface area contributed by atoms with E-state index in [0.29, 0.717) is 21.8 Å². The summed E-state index contributed by atoms with van der Waals surface area (Å²) in [5.41, 5.74) is 6.77. The topological polar surface area (TPSA) is 43.1 Å². The first-order valence-corrected chi connectivity index (χ1v) is 6.21. The second-order valence-electron chi connectivity index (χ2n) is 3.69. The lowest BCUT2D eigenvalue weighted by Gasteiger charge is -2.04. The summed E-state index contributed by atoms with van der Waals surface area (Å²) in [5.74, 6) is -0.652. The molecule has 0 aliphatic rings. The molecular formula is C13H8BrClFNO. The van der Waals surface area contributed by atoms with Crippen molar-refractivity contribution in [3.05, 3.63) is 62.8 Å². The van der Waals surface area contributed by atoms with Gasteiger partial charge in [-0.25, -0.2) is 4.39 Å². The minimum absolute atomic E-state index is 0.237. The van der Waals surface area contributed by atoms with Gasteiger partial charge in [0.05, 0.1) is 15.2 Å². The molecule has 2 rings (SSSR count). The molecular weight excluding hydrogens is 321 g/mol. The number of nitrogens with two attached hydrogens (primary N) is 1. The fourth-order valence-electron chi connectivity index (χ4n) is 1.49. The van der Waals surface area contributed by atoms with Crippen molar-refractivity contribution in [1.29, 1.82) is 0 Å². The summed E-state index contributed by atoms with van der Waals surface area (Å²) in [5, 5.41) is 0.395. The molecule has 0 saturated carbocycles. The quantitative estimate of drug-likeness (QED) is 0.667. The molecule has 0 heterocycles. The van der Waals surface area contributed by atoms with E-state index in [1.165, 1.54) is 24.3 Å². The van der Waals surface area contributed by atoms with Crippen LogP contribution in [0.25, 0.3) is 0 Å². The summed E-state index contributed by atoms with van der Waals surface area (Å²) in [7, 11) is 0. The van der Waals surface area contributed by atoms with E-state index in [-0.39, 0.29) is 10.3 Å². The van der Waals surface area contributed by atoms with Crippen LogP contribution in [0, 0.1) is 5.82 Å². The van der Waals surface area contributed by atoms with Crippen LogP contribution in [0.4, 0.5) is 10.1 Å². The number of hydrogen-bond donors (Lipinski definition) is 1. The summed E-state index contributed by atoms with van der Waals surface area (Å²) in [6.45, 7) is 0. The van der Waals surface area contributed by atoms with Crippen LogP contribution < -0.4 is 5.73 Å². The number of hydrogen-bond acceptors (Lipinski definition) is 2. The minimum atomic E-state index is -0.415. The standard InChI is InChI=1S/C13H8BrClFNO/c14-9-5-7(2-4-11(9)16)13(18)8-1-3-10(15)12(17)6-8/h1-6H,17H2. The molecule has 0 saturated heterocycles. The normalized spacial score (nSPS) is 10.4. The third kappa shape index (κ3) is 2.54. The van der Waals surface area contributed by atoms with Gasteiger partial charge in [-0.05, 0) is 52.3 Å². The monoisotopic (exact) mass is 327 g/mol. The summed E-state index contributed by atoms with van der Waals surface area (Å²) >= 11 is 8.82.